The zero-order chi connectivity index (χ0) is 33.6. The number of likely N-dealkylation sites (tertiary alicyclic amines) is 1. The summed E-state index contributed by atoms with van der Waals surface area (Å²) in [4.78, 5) is 25.5. The van der Waals surface area contributed by atoms with Crippen LogP contribution in [0.1, 0.15) is 103 Å². The third kappa shape index (κ3) is 15.4. The van der Waals surface area contributed by atoms with Gasteiger partial charge < -0.3 is 19.2 Å². The van der Waals surface area contributed by atoms with E-state index < -0.39 is 5.41 Å². The summed E-state index contributed by atoms with van der Waals surface area (Å²) in [5.74, 6) is 1.77. The van der Waals surface area contributed by atoms with Gasteiger partial charge in [0, 0.05) is 18.3 Å². The Morgan fingerprint density at radius 1 is 0.848 bits per heavy atom. The Hall–Kier alpha value is -3.25. The Labute approximate surface area is 278 Å². The van der Waals surface area contributed by atoms with Crippen LogP contribution in [-0.2, 0) is 27.2 Å². The minimum Gasteiger partial charge on any atom is -0.497 e. The molecule has 5 nitrogen and oxygen atoms in total. The van der Waals surface area contributed by atoms with Crippen molar-refractivity contribution in [2.45, 2.75) is 105 Å². The smallest absolute Gasteiger partial charge is 0.142 e. The van der Waals surface area contributed by atoms with Gasteiger partial charge in [-0.2, -0.15) is 0 Å². The van der Waals surface area contributed by atoms with Crippen molar-refractivity contribution >= 4 is 11.6 Å². The number of hydrogen-bond donors (Lipinski definition) is 0. The minimum absolute atomic E-state index is 0.193. The maximum Gasteiger partial charge on any atom is 0.142 e. The van der Waals surface area contributed by atoms with E-state index >= 15 is 0 Å². The largest absolute Gasteiger partial charge is 0.497 e. The van der Waals surface area contributed by atoms with Crippen molar-refractivity contribution in [1.82, 2.24) is 4.90 Å². The first-order chi connectivity index (χ1) is 22.3. The number of methoxy groups -OCH3 is 1. The molecule has 0 spiro atoms. The molecular formula is C40H58FNO4. The van der Waals surface area contributed by atoms with Gasteiger partial charge in [0.2, 0.25) is 0 Å². The van der Waals surface area contributed by atoms with Crippen molar-refractivity contribution in [1.29, 1.82) is 0 Å². The van der Waals surface area contributed by atoms with Gasteiger partial charge in [0.15, 0.2) is 0 Å². The molecule has 1 heterocycles. The van der Waals surface area contributed by atoms with E-state index in [1.54, 1.807) is 26.2 Å². The Kier molecular flexibility index (Phi) is 18.9. The third-order valence-corrected chi connectivity index (χ3v) is 8.50. The lowest BCUT2D eigenvalue weighted by atomic mass is 9.77. The normalized spacial score (nSPS) is 17.2. The standard InChI is InChI=1S/C23H30FNO.C15H22O3.C2H6/c24-22-12-14-23(15-13-22)26-19-4-1-6-20-8-10-21(11-9-20)7-5-18-25-16-2-3-17-25;1-12(16)6-4-5-7-14(17)15(2)10-8-13(18-3)9-11-15;1-2/h8-15H,1-7,16-19H2;8-10H,4-7,11H2,1-3H3;1-2H3. The third-order valence-electron chi connectivity index (χ3n) is 8.50. The molecule has 2 aromatic carbocycles. The Bertz CT molecular complexity index is 1200. The van der Waals surface area contributed by atoms with Crippen molar-refractivity contribution in [2.24, 2.45) is 5.41 Å². The van der Waals surface area contributed by atoms with Gasteiger partial charge in [-0.25, -0.2) is 4.39 Å². The average Bonchev–Trinajstić information content (AvgIpc) is 3.60. The number of Topliss-reactive ketones (excluding diaryl/α,β-unsaturated/α-hetero) is 2. The second kappa shape index (κ2) is 22.3. The quantitative estimate of drug-likeness (QED) is 0.162. The fourth-order valence-electron chi connectivity index (χ4n) is 5.56. The second-order valence-electron chi connectivity index (χ2n) is 12.3. The molecule has 4 rings (SSSR count). The number of rotatable bonds is 17. The number of carbonyl (C=O) groups excluding carboxylic acids is 2. The first-order valence-corrected chi connectivity index (χ1v) is 17.4. The first kappa shape index (κ1) is 38.9. The number of aryl methyl sites for hydroxylation is 2. The van der Waals surface area contributed by atoms with Crippen molar-refractivity contribution in [2.75, 3.05) is 33.4 Å². The molecule has 0 saturated carbocycles. The molecule has 0 bridgehead atoms. The Morgan fingerprint density at radius 2 is 1.46 bits per heavy atom. The molecule has 254 valence electrons. The van der Waals surface area contributed by atoms with Crippen LogP contribution in [0.15, 0.2) is 72.5 Å². The fraction of sp³-hybridized carbons (Fsp3) is 0.550. The van der Waals surface area contributed by atoms with Crippen molar-refractivity contribution in [3.8, 4) is 5.75 Å². The zero-order valence-corrected chi connectivity index (χ0v) is 29.1. The number of ketones is 2. The van der Waals surface area contributed by atoms with E-state index in [1.807, 2.05) is 39.0 Å². The van der Waals surface area contributed by atoms with Gasteiger partial charge in [0.25, 0.3) is 0 Å². The van der Waals surface area contributed by atoms with Crippen LogP contribution in [0.5, 0.6) is 5.75 Å². The molecule has 0 N–H and O–H groups in total. The molecule has 0 amide bonds. The summed E-state index contributed by atoms with van der Waals surface area (Å²) in [5, 5.41) is 0. The number of benzene rings is 2. The molecule has 1 saturated heterocycles. The molecule has 1 aliphatic heterocycles. The maximum absolute atomic E-state index is 12.8. The predicted octanol–water partition coefficient (Wildman–Crippen LogP) is 9.48. The summed E-state index contributed by atoms with van der Waals surface area (Å²) in [6, 6.07) is 15.3. The van der Waals surface area contributed by atoms with Crippen LogP contribution >= 0.6 is 0 Å². The second-order valence-corrected chi connectivity index (χ2v) is 12.3. The molecular weight excluding hydrogens is 577 g/mol. The monoisotopic (exact) mass is 635 g/mol. The van der Waals surface area contributed by atoms with E-state index in [4.69, 9.17) is 9.47 Å². The molecule has 0 radical (unpaired) electrons. The van der Waals surface area contributed by atoms with Crippen LogP contribution < -0.4 is 4.74 Å². The number of nitrogens with zero attached hydrogens (tertiary/aromatic N) is 1. The highest BCUT2D eigenvalue weighted by Crippen LogP contribution is 2.32. The number of hydrogen-bond acceptors (Lipinski definition) is 5. The summed E-state index contributed by atoms with van der Waals surface area (Å²) in [5.41, 5.74) is 2.45. The van der Waals surface area contributed by atoms with Gasteiger partial charge in [-0.3, -0.25) is 4.79 Å². The highest BCUT2D eigenvalue weighted by molar-refractivity contribution is 5.87. The molecule has 1 aliphatic carbocycles. The van der Waals surface area contributed by atoms with Crippen molar-refractivity contribution < 1.29 is 23.5 Å². The molecule has 2 aliphatic rings. The molecule has 6 heteroatoms. The summed E-state index contributed by atoms with van der Waals surface area (Å²) >= 11 is 0. The number of unbranched alkanes of at least 4 members (excludes halogenated alkanes) is 2. The van der Waals surface area contributed by atoms with E-state index in [-0.39, 0.29) is 17.4 Å². The van der Waals surface area contributed by atoms with Crippen LogP contribution in [0.4, 0.5) is 4.39 Å². The van der Waals surface area contributed by atoms with E-state index in [2.05, 4.69) is 29.2 Å². The van der Waals surface area contributed by atoms with Crippen LogP contribution in [0.25, 0.3) is 0 Å². The lowest BCUT2D eigenvalue weighted by molar-refractivity contribution is -0.126. The van der Waals surface area contributed by atoms with Crippen LogP contribution in [-0.4, -0.2) is 49.8 Å². The zero-order valence-electron chi connectivity index (χ0n) is 29.1. The lowest BCUT2D eigenvalue weighted by Gasteiger charge is -2.26. The van der Waals surface area contributed by atoms with Gasteiger partial charge >= 0.3 is 0 Å². The summed E-state index contributed by atoms with van der Waals surface area (Å²) < 4.78 is 23.6. The summed E-state index contributed by atoms with van der Waals surface area (Å²) in [6.45, 7) is 12.1. The van der Waals surface area contributed by atoms with E-state index in [0.29, 0.717) is 25.9 Å². The molecule has 1 atom stereocenters. The molecule has 1 unspecified atom stereocenters. The maximum atomic E-state index is 12.8. The average molecular weight is 636 g/mol. The van der Waals surface area contributed by atoms with Gasteiger partial charge in [-0.1, -0.05) is 44.2 Å². The highest BCUT2D eigenvalue weighted by atomic mass is 19.1. The summed E-state index contributed by atoms with van der Waals surface area (Å²) in [6.07, 6.45) is 17.6. The fourth-order valence-corrected chi connectivity index (χ4v) is 5.56. The van der Waals surface area contributed by atoms with E-state index in [1.165, 1.54) is 68.6 Å². The SMILES string of the molecule is CC.COC1=CCC(C)(C(=O)CCCCC(C)=O)C=C1.Fc1ccc(OCCCCc2ccc(CCCN3CCCC3)cc2)cc1. The Morgan fingerprint density at radius 3 is 2.02 bits per heavy atom. The summed E-state index contributed by atoms with van der Waals surface area (Å²) in [7, 11) is 1.63. The van der Waals surface area contributed by atoms with Gasteiger partial charge in [0.1, 0.15) is 28.9 Å². The first-order valence-electron chi connectivity index (χ1n) is 17.4. The topological polar surface area (TPSA) is 55.8 Å². The minimum atomic E-state index is -0.405. The lowest BCUT2D eigenvalue weighted by Crippen LogP contribution is -2.26. The van der Waals surface area contributed by atoms with Gasteiger partial charge in [-0.05, 0) is 145 Å². The van der Waals surface area contributed by atoms with Crippen LogP contribution in [0.2, 0.25) is 0 Å². The number of allylic oxidation sites excluding steroid dienone is 3. The molecule has 2 aromatic rings. The van der Waals surface area contributed by atoms with E-state index in [9.17, 15) is 14.0 Å². The number of halogens is 1. The van der Waals surface area contributed by atoms with Crippen molar-refractivity contribution in [3.05, 3.63) is 89.5 Å². The van der Waals surface area contributed by atoms with Crippen molar-refractivity contribution in [3.63, 3.8) is 0 Å². The number of carbonyl (C=O) groups is 2. The predicted molar refractivity (Wildman–Crippen MR) is 188 cm³/mol. The molecule has 0 aromatic heterocycles. The number of ether oxygens (including phenoxy) is 2. The van der Waals surface area contributed by atoms with Gasteiger partial charge in [0.05, 0.1) is 13.7 Å². The molecule has 1 fully saturated rings. The van der Waals surface area contributed by atoms with E-state index in [0.717, 1.165) is 43.6 Å². The van der Waals surface area contributed by atoms with Crippen LogP contribution in [0, 0.1) is 11.2 Å². The van der Waals surface area contributed by atoms with Gasteiger partial charge in [-0.15, -0.1) is 0 Å². The molecule has 46 heavy (non-hydrogen) atoms. The highest BCUT2D eigenvalue weighted by Gasteiger charge is 2.30. The Balaban J connectivity index is 0.000000324. The van der Waals surface area contributed by atoms with Crippen LogP contribution in [0.3, 0.4) is 0 Å².